The number of hydrogen-bond acceptors (Lipinski definition) is 3. The second-order valence-electron chi connectivity index (χ2n) is 7.22. The van der Waals surface area contributed by atoms with Crippen LogP contribution < -0.4 is 10.6 Å². The predicted molar refractivity (Wildman–Crippen MR) is 131 cm³/mol. The van der Waals surface area contributed by atoms with Crippen molar-refractivity contribution >= 4 is 40.6 Å². The fraction of sp³-hybridized carbons (Fsp3) is 0.200. The molecule has 0 saturated heterocycles. The normalized spacial score (nSPS) is 11.5. The number of anilines is 1. The summed E-state index contributed by atoms with van der Waals surface area (Å²) in [4.78, 5) is 12.1. The molecule has 0 aliphatic rings. The van der Waals surface area contributed by atoms with Crippen molar-refractivity contribution < 1.29 is 9.53 Å². The van der Waals surface area contributed by atoms with Crippen LogP contribution >= 0.6 is 23.8 Å². The van der Waals surface area contributed by atoms with Crippen LogP contribution in [0.2, 0.25) is 5.02 Å². The summed E-state index contributed by atoms with van der Waals surface area (Å²) in [6.45, 7) is 6.21. The highest BCUT2D eigenvalue weighted by atomic mass is 35.5. The number of esters is 1. The molecule has 0 heterocycles. The van der Waals surface area contributed by atoms with Crippen LogP contribution in [-0.4, -0.2) is 17.7 Å². The molecule has 0 bridgehead atoms. The standard InChI is InChI=1S/C25H25ClN2O2S/c1-4-30-24(29)21-15-19(11-13-22(21)26)27-25(31)28-23(18-8-6-5-7-9-18)20-12-10-16(2)14-17(20)3/h5-15,23H,4H2,1-3H3,(H2,27,28,31)/t23-/m0/s1. The number of ether oxygens (including phenoxy) is 1. The average molecular weight is 453 g/mol. The van der Waals surface area contributed by atoms with Crippen molar-refractivity contribution in [3.8, 4) is 0 Å². The summed E-state index contributed by atoms with van der Waals surface area (Å²) in [7, 11) is 0. The van der Waals surface area contributed by atoms with Crippen LogP contribution in [0.1, 0.15) is 45.6 Å². The maximum atomic E-state index is 12.1. The smallest absolute Gasteiger partial charge is 0.339 e. The molecule has 1 atom stereocenters. The third-order valence-electron chi connectivity index (χ3n) is 4.86. The average Bonchev–Trinajstić information content (AvgIpc) is 2.74. The van der Waals surface area contributed by atoms with Crippen molar-refractivity contribution in [1.29, 1.82) is 0 Å². The van der Waals surface area contributed by atoms with Gasteiger partial charge in [0, 0.05) is 5.69 Å². The van der Waals surface area contributed by atoms with Crippen molar-refractivity contribution in [2.75, 3.05) is 11.9 Å². The molecule has 0 aliphatic carbocycles. The molecular weight excluding hydrogens is 428 g/mol. The van der Waals surface area contributed by atoms with E-state index in [1.807, 2.05) is 18.2 Å². The molecule has 2 N–H and O–H groups in total. The number of thiocarbonyl (C=S) groups is 1. The highest BCUT2D eigenvalue weighted by Gasteiger charge is 2.18. The third-order valence-corrected chi connectivity index (χ3v) is 5.41. The van der Waals surface area contributed by atoms with Gasteiger partial charge in [0.25, 0.3) is 0 Å². The Morgan fingerprint density at radius 1 is 1.06 bits per heavy atom. The summed E-state index contributed by atoms with van der Waals surface area (Å²) in [6, 6.07) is 21.5. The van der Waals surface area contributed by atoms with Crippen molar-refractivity contribution in [3.63, 3.8) is 0 Å². The lowest BCUT2D eigenvalue weighted by Crippen LogP contribution is -2.33. The van der Waals surface area contributed by atoms with E-state index in [1.165, 1.54) is 11.1 Å². The summed E-state index contributed by atoms with van der Waals surface area (Å²) in [5.74, 6) is -0.465. The second-order valence-corrected chi connectivity index (χ2v) is 8.03. The quantitative estimate of drug-likeness (QED) is 0.344. The fourth-order valence-electron chi connectivity index (χ4n) is 3.40. The van der Waals surface area contributed by atoms with Crippen LogP contribution in [0.5, 0.6) is 0 Å². The Morgan fingerprint density at radius 3 is 2.48 bits per heavy atom. The van der Waals surface area contributed by atoms with Crippen LogP contribution in [0.15, 0.2) is 66.7 Å². The van der Waals surface area contributed by atoms with Crippen LogP contribution in [0.25, 0.3) is 0 Å². The molecule has 3 rings (SSSR count). The Kier molecular flexibility index (Phi) is 7.66. The molecule has 160 valence electrons. The van der Waals surface area contributed by atoms with E-state index in [0.717, 1.165) is 11.1 Å². The van der Waals surface area contributed by atoms with Crippen LogP contribution in [-0.2, 0) is 4.74 Å². The highest BCUT2D eigenvalue weighted by molar-refractivity contribution is 7.80. The van der Waals surface area contributed by atoms with E-state index in [0.29, 0.717) is 21.4 Å². The zero-order chi connectivity index (χ0) is 22.4. The molecule has 3 aromatic carbocycles. The molecule has 0 spiro atoms. The number of rotatable bonds is 6. The van der Waals surface area contributed by atoms with Gasteiger partial charge in [-0.15, -0.1) is 0 Å². The van der Waals surface area contributed by atoms with Gasteiger partial charge in [-0.1, -0.05) is 65.7 Å². The molecular formula is C25H25ClN2O2S. The molecule has 0 fully saturated rings. The molecule has 6 heteroatoms. The molecule has 4 nitrogen and oxygen atoms in total. The maximum Gasteiger partial charge on any atom is 0.339 e. The monoisotopic (exact) mass is 452 g/mol. The molecule has 0 radical (unpaired) electrons. The van der Waals surface area contributed by atoms with E-state index in [4.69, 9.17) is 28.6 Å². The van der Waals surface area contributed by atoms with Crippen molar-refractivity contribution in [2.24, 2.45) is 0 Å². The van der Waals surface area contributed by atoms with E-state index in [1.54, 1.807) is 25.1 Å². The topological polar surface area (TPSA) is 50.4 Å². The number of carbonyl (C=O) groups excluding carboxylic acids is 1. The zero-order valence-corrected chi connectivity index (χ0v) is 19.3. The number of nitrogens with one attached hydrogen (secondary N) is 2. The summed E-state index contributed by atoms with van der Waals surface area (Å²) < 4.78 is 5.07. The van der Waals surface area contributed by atoms with E-state index < -0.39 is 5.97 Å². The van der Waals surface area contributed by atoms with Crippen molar-refractivity contribution in [1.82, 2.24) is 5.32 Å². The van der Waals surface area contributed by atoms with Gasteiger partial charge in [-0.05, 0) is 67.9 Å². The fourth-order valence-corrected chi connectivity index (χ4v) is 3.83. The summed E-state index contributed by atoms with van der Waals surface area (Å²) >= 11 is 11.8. The number of aryl methyl sites for hydroxylation is 2. The number of benzene rings is 3. The lowest BCUT2D eigenvalue weighted by Gasteiger charge is -2.24. The first-order chi connectivity index (χ1) is 14.9. The lowest BCUT2D eigenvalue weighted by molar-refractivity contribution is 0.0526. The Hall–Kier alpha value is -2.89. The third kappa shape index (κ3) is 5.84. The molecule has 31 heavy (non-hydrogen) atoms. The van der Waals surface area contributed by atoms with Gasteiger partial charge in [0.2, 0.25) is 0 Å². The first-order valence-corrected chi connectivity index (χ1v) is 10.8. The minimum Gasteiger partial charge on any atom is -0.462 e. The molecule has 0 aromatic heterocycles. The first-order valence-electron chi connectivity index (χ1n) is 10.0. The van der Waals surface area contributed by atoms with Gasteiger partial charge in [-0.2, -0.15) is 0 Å². The Bertz CT molecular complexity index is 1090. The number of halogens is 1. The molecule has 0 aliphatic heterocycles. The summed E-state index contributed by atoms with van der Waals surface area (Å²) in [6.07, 6.45) is 0. The van der Waals surface area contributed by atoms with Crippen LogP contribution in [0, 0.1) is 13.8 Å². The minimum absolute atomic E-state index is 0.126. The first kappa shape index (κ1) is 22.8. The highest BCUT2D eigenvalue weighted by Crippen LogP contribution is 2.26. The summed E-state index contributed by atoms with van der Waals surface area (Å²) in [5.41, 5.74) is 5.58. The maximum absolute atomic E-state index is 12.1. The Labute approximate surface area is 193 Å². The van der Waals surface area contributed by atoms with E-state index in [9.17, 15) is 4.79 Å². The number of carbonyl (C=O) groups is 1. The zero-order valence-electron chi connectivity index (χ0n) is 17.7. The van der Waals surface area contributed by atoms with Gasteiger partial charge in [-0.3, -0.25) is 0 Å². The van der Waals surface area contributed by atoms with Crippen LogP contribution in [0.3, 0.4) is 0 Å². The molecule has 0 unspecified atom stereocenters. The Morgan fingerprint density at radius 2 is 1.81 bits per heavy atom. The van der Waals surface area contributed by atoms with Gasteiger partial charge in [0.15, 0.2) is 5.11 Å². The van der Waals surface area contributed by atoms with Crippen molar-refractivity contribution in [3.05, 3.63) is 99.6 Å². The lowest BCUT2D eigenvalue weighted by atomic mass is 9.94. The largest absolute Gasteiger partial charge is 0.462 e. The van der Waals surface area contributed by atoms with Crippen molar-refractivity contribution in [2.45, 2.75) is 26.8 Å². The van der Waals surface area contributed by atoms with E-state index in [-0.39, 0.29) is 12.6 Å². The van der Waals surface area contributed by atoms with E-state index in [2.05, 4.69) is 54.8 Å². The van der Waals surface area contributed by atoms with Gasteiger partial charge in [0.1, 0.15) is 0 Å². The molecule has 0 saturated carbocycles. The summed E-state index contributed by atoms with van der Waals surface area (Å²) in [5, 5.41) is 7.35. The van der Waals surface area contributed by atoms with Gasteiger partial charge in [0.05, 0.1) is 23.2 Å². The second kappa shape index (κ2) is 10.4. The van der Waals surface area contributed by atoms with Gasteiger partial charge < -0.3 is 15.4 Å². The van der Waals surface area contributed by atoms with Gasteiger partial charge in [-0.25, -0.2) is 4.79 Å². The Balaban J connectivity index is 1.85. The molecule has 3 aromatic rings. The number of hydrogen-bond donors (Lipinski definition) is 2. The van der Waals surface area contributed by atoms with E-state index >= 15 is 0 Å². The van der Waals surface area contributed by atoms with Crippen LogP contribution in [0.4, 0.5) is 5.69 Å². The predicted octanol–water partition coefficient (Wildman–Crippen LogP) is 6.21. The SMILES string of the molecule is CCOC(=O)c1cc(NC(=S)N[C@@H](c2ccccc2)c2ccc(C)cc2C)ccc1Cl. The van der Waals surface area contributed by atoms with Gasteiger partial charge >= 0.3 is 5.97 Å². The minimum atomic E-state index is -0.465. The molecule has 0 amide bonds.